The van der Waals surface area contributed by atoms with Crippen LogP contribution < -0.4 is 14.4 Å². The molecular formula is C31H49N2O3P. The van der Waals surface area contributed by atoms with E-state index in [0.29, 0.717) is 0 Å². The van der Waals surface area contributed by atoms with E-state index in [0.717, 1.165) is 22.6 Å². The molecule has 2 aromatic rings. The Morgan fingerprint density at radius 3 is 1.30 bits per heavy atom. The van der Waals surface area contributed by atoms with E-state index in [1.807, 2.05) is 12.1 Å². The number of hydrogen-bond donors (Lipinski definition) is 1. The van der Waals surface area contributed by atoms with Gasteiger partial charge in [-0.3, -0.25) is 0 Å². The number of nitrogens with one attached hydrogen (secondary N) is 1. The highest BCUT2D eigenvalue weighted by molar-refractivity contribution is 7.46. The Kier molecular flexibility index (Phi) is 9.08. The number of carbonyl (C=O) groups excluding carboxylic acids is 1. The smallest absolute Gasteiger partial charge is 0.420 e. The van der Waals surface area contributed by atoms with Gasteiger partial charge in [-0.15, -0.1) is 0 Å². The molecule has 0 bridgehead atoms. The average molecular weight is 529 g/mol. The number of hydrogen-bond acceptors (Lipinski definition) is 3. The topological polar surface area (TPSA) is 50.8 Å². The van der Waals surface area contributed by atoms with Crippen molar-refractivity contribution in [2.75, 3.05) is 14.1 Å². The van der Waals surface area contributed by atoms with Crippen LogP contribution in [0.25, 0.3) is 0 Å². The first-order valence-electron chi connectivity index (χ1n) is 13.1. The van der Waals surface area contributed by atoms with Crippen LogP contribution in [0, 0.1) is 0 Å². The van der Waals surface area contributed by atoms with Gasteiger partial charge in [-0.05, 0) is 44.9 Å². The Morgan fingerprint density at radius 1 is 0.676 bits per heavy atom. The molecule has 0 fully saturated rings. The number of benzene rings is 2. The van der Waals surface area contributed by atoms with Crippen LogP contribution in [-0.4, -0.2) is 24.8 Å². The minimum atomic E-state index is -1.80. The molecule has 0 radical (unpaired) electrons. The maximum Gasteiger partial charge on any atom is 0.420 e. The molecule has 37 heavy (non-hydrogen) atoms. The summed E-state index contributed by atoms with van der Waals surface area (Å²) in [6.45, 7) is 26.3. The van der Waals surface area contributed by atoms with Crippen LogP contribution in [0.2, 0.25) is 0 Å². The van der Waals surface area contributed by atoms with Gasteiger partial charge in [0.2, 0.25) is 0 Å². The van der Waals surface area contributed by atoms with Gasteiger partial charge in [-0.1, -0.05) is 107 Å². The largest absolute Gasteiger partial charge is 0.422 e. The van der Waals surface area contributed by atoms with Crippen molar-refractivity contribution in [1.29, 1.82) is 0 Å². The van der Waals surface area contributed by atoms with Crippen LogP contribution in [0.5, 0.6) is 11.5 Å². The molecule has 2 rings (SSSR count). The van der Waals surface area contributed by atoms with E-state index in [1.54, 1.807) is 14.1 Å². The van der Waals surface area contributed by atoms with Crippen LogP contribution in [0.15, 0.2) is 36.4 Å². The van der Waals surface area contributed by atoms with E-state index in [1.165, 1.54) is 15.8 Å². The lowest BCUT2D eigenvalue weighted by Gasteiger charge is -2.32. The second kappa shape index (κ2) is 10.8. The molecule has 206 valence electrons. The van der Waals surface area contributed by atoms with Crippen LogP contribution in [0.1, 0.15) is 105 Å². The van der Waals surface area contributed by atoms with E-state index in [2.05, 4.69) is 113 Å². The maximum atomic E-state index is 12.7. The van der Waals surface area contributed by atoms with Crippen molar-refractivity contribution in [2.24, 2.45) is 0 Å². The highest BCUT2D eigenvalue weighted by Crippen LogP contribution is 2.49. The van der Waals surface area contributed by atoms with Crippen molar-refractivity contribution >= 4 is 14.6 Å². The summed E-state index contributed by atoms with van der Waals surface area (Å²) in [6.07, 6.45) is 0. The van der Waals surface area contributed by atoms with Crippen LogP contribution >= 0.6 is 8.53 Å². The molecule has 0 aliphatic carbocycles. The zero-order chi connectivity index (χ0) is 28.6. The molecule has 0 spiro atoms. The van der Waals surface area contributed by atoms with E-state index in [-0.39, 0.29) is 27.7 Å². The second-order valence-corrected chi connectivity index (χ2v) is 15.4. The lowest BCUT2D eigenvalue weighted by Crippen LogP contribution is -2.33. The predicted octanol–water partition coefficient (Wildman–Crippen LogP) is 8.83. The van der Waals surface area contributed by atoms with Crippen molar-refractivity contribution < 1.29 is 13.8 Å². The van der Waals surface area contributed by atoms with Crippen LogP contribution in [0.4, 0.5) is 4.79 Å². The first-order chi connectivity index (χ1) is 16.7. The van der Waals surface area contributed by atoms with Gasteiger partial charge in [0.05, 0.1) is 0 Å². The Labute approximate surface area is 227 Å². The molecule has 1 N–H and O–H groups in total. The van der Waals surface area contributed by atoms with Gasteiger partial charge in [-0.2, -0.15) is 0 Å². The van der Waals surface area contributed by atoms with Gasteiger partial charge in [0.1, 0.15) is 11.5 Å². The molecule has 0 saturated carbocycles. The molecule has 0 aliphatic rings. The third-order valence-corrected chi connectivity index (χ3v) is 7.79. The summed E-state index contributed by atoms with van der Waals surface area (Å²) in [7, 11) is 1.53. The fraction of sp³-hybridized carbons (Fsp3) is 0.581. The fourth-order valence-corrected chi connectivity index (χ4v) is 5.06. The van der Waals surface area contributed by atoms with Gasteiger partial charge in [0.15, 0.2) is 0 Å². The molecular weight excluding hydrogens is 479 g/mol. The van der Waals surface area contributed by atoms with Gasteiger partial charge >= 0.3 is 14.6 Å². The fourth-order valence-electron chi connectivity index (χ4n) is 3.87. The quantitative estimate of drug-likeness (QED) is 0.394. The molecule has 2 aromatic carbocycles. The third-order valence-electron chi connectivity index (χ3n) is 6.41. The highest BCUT2D eigenvalue weighted by atomic mass is 31.2. The summed E-state index contributed by atoms with van der Waals surface area (Å²) in [5, 5.41) is 2.71. The van der Waals surface area contributed by atoms with Gasteiger partial charge in [0, 0.05) is 25.2 Å². The first kappa shape index (κ1) is 31.0. The minimum Gasteiger partial charge on any atom is -0.422 e. The summed E-state index contributed by atoms with van der Waals surface area (Å²) in [5.41, 5.74) is 4.35. The first-order valence-corrected chi connectivity index (χ1v) is 14.2. The van der Waals surface area contributed by atoms with Crippen LogP contribution in [0.3, 0.4) is 0 Å². The summed E-state index contributed by atoms with van der Waals surface area (Å²) in [4.78, 5) is 12.7. The molecule has 5 nitrogen and oxygen atoms in total. The Bertz CT molecular complexity index is 1020. The Hall–Kier alpha value is -2.26. The number of rotatable bonds is 5. The molecule has 0 aliphatic heterocycles. The van der Waals surface area contributed by atoms with E-state index >= 15 is 0 Å². The predicted molar refractivity (Wildman–Crippen MR) is 158 cm³/mol. The van der Waals surface area contributed by atoms with Crippen molar-refractivity contribution in [1.82, 2.24) is 9.99 Å². The summed E-state index contributed by atoms with van der Waals surface area (Å²) < 4.78 is 14.7. The Morgan fingerprint density at radius 2 is 1.03 bits per heavy atom. The number of urea groups is 1. The summed E-state index contributed by atoms with van der Waals surface area (Å²) >= 11 is 0. The normalized spacial score (nSPS) is 12.9. The lowest BCUT2D eigenvalue weighted by molar-refractivity contribution is 0.227. The molecule has 0 aromatic heterocycles. The number of amides is 2. The zero-order valence-electron chi connectivity index (χ0n) is 25.6. The summed E-state index contributed by atoms with van der Waals surface area (Å²) in [5.74, 6) is 1.46. The molecule has 0 heterocycles. The highest BCUT2D eigenvalue weighted by Gasteiger charge is 2.32. The number of nitrogens with zero attached hydrogens (tertiary/aromatic N) is 1. The van der Waals surface area contributed by atoms with Crippen molar-refractivity contribution in [3.8, 4) is 11.5 Å². The SMILES string of the molecule is CNC(=O)N(C)P(Oc1ccc(C(C)(C)C)cc1C(C)(C)C)Oc1ccc(C(C)(C)C)cc1C(C)(C)C. The third kappa shape index (κ3) is 7.87. The van der Waals surface area contributed by atoms with E-state index < -0.39 is 8.53 Å². The monoisotopic (exact) mass is 528 g/mol. The zero-order valence-corrected chi connectivity index (χ0v) is 26.5. The van der Waals surface area contributed by atoms with Gasteiger partial charge in [0.25, 0.3) is 0 Å². The molecule has 0 unspecified atom stereocenters. The maximum absolute atomic E-state index is 12.7. The second-order valence-electron chi connectivity index (χ2n) is 13.9. The van der Waals surface area contributed by atoms with Crippen molar-refractivity contribution in [3.63, 3.8) is 0 Å². The van der Waals surface area contributed by atoms with Gasteiger partial charge < -0.3 is 14.4 Å². The van der Waals surface area contributed by atoms with E-state index in [4.69, 9.17) is 9.05 Å². The van der Waals surface area contributed by atoms with Crippen molar-refractivity contribution in [3.05, 3.63) is 58.7 Å². The minimum absolute atomic E-state index is 0.00899. The van der Waals surface area contributed by atoms with Gasteiger partial charge in [-0.25, -0.2) is 9.46 Å². The van der Waals surface area contributed by atoms with Crippen molar-refractivity contribution in [2.45, 2.75) is 105 Å². The van der Waals surface area contributed by atoms with E-state index in [9.17, 15) is 4.79 Å². The average Bonchev–Trinajstić information content (AvgIpc) is 2.75. The van der Waals surface area contributed by atoms with Crippen LogP contribution in [-0.2, 0) is 21.7 Å². The molecule has 0 atom stereocenters. The molecule has 6 heteroatoms. The number of carbonyl (C=O) groups is 1. The molecule has 0 saturated heterocycles. The lowest BCUT2D eigenvalue weighted by atomic mass is 9.80. The molecule has 2 amide bonds. The standard InChI is InChI=1S/C31H49N2O3P/c1-28(2,3)21-15-17-25(23(19-21)30(7,8)9)35-37(33(14)27(34)32-13)36-26-18-16-22(29(4,5)6)20-24(26)31(10,11)12/h15-20H,1-14H3,(H,32,34). The Balaban J connectivity index is 2.63. The summed E-state index contributed by atoms with van der Waals surface area (Å²) in [6, 6.07) is 12.4.